The molecule has 2 N–H and O–H groups in total. The molecule has 2 rings (SSSR count). The third-order valence-corrected chi connectivity index (χ3v) is 3.37. The van der Waals surface area contributed by atoms with Crippen molar-refractivity contribution >= 4 is 0 Å². The molecular formula is C16H21N3O. The molecule has 0 amide bonds. The highest BCUT2D eigenvalue weighted by Gasteiger charge is 2.22. The molecule has 1 aromatic heterocycles. The van der Waals surface area contributed by atoms with E-state index in [9.17, 15) is 4.79 Å². The predicted molar refractivity (Wildman–Crippen MR) is 81.3 cm³/mol. The molecule has 4 nitrogen and oxygen atoms in total. The van der Waals surface area contributed by atoms with Gasteiger partial charge in [0.15, 0.2) is 0 Å². The van der Waals surface area contributed by atoms with E-state index in [1.54, 1.807) is 19.9 Å². The molecule has 106 valence electrons. The maximum absolute atomic E-state index is 12.1. The molecule has 0 fully saturated rings. The van der Waals surface area contributed by atoms with Crippen LogP contribution in [0.5, 0.6) is 0 Å². The van der Waals surface area contributed by atoms with Crippen LogP contribution in [0.1, 0.15) is 36.4 Å². The van der Waals surface area contributed by atoms with Crippen molar-refractivity contribution in [3.05, 3.63) is 57.0 Å². The first-order valence-electron chi connectivity index (χ1n) is 6.68. The van der Waals surface area contributed by atoms with Crippen molar-refractivity contribution in [3.63, 3.8) is 0 Å². The molecule has 0 atom stereocenters. The average molecular weight is 271 g/mol. The van der Waals surface area contributed by atoms with Gasteiger partial charge in [-0.05, 0) is 45.7 Å². The summed E-state index contributed by atoms with van der Waals surface area (Å²) in [5, 5.41) is 4.51. The minimum atomic E-state index is -0.761. The fraction of sp³-hybridized carbons (Fsp3) is 0.375. The van der Waals surface area contributed by atoms with E-state index in [0.717, 1.165) is 22.5 Å². The highest BCUT2D eigenvalue weighted by atomic mass is 16.1. The Morgan fingerprint density at radius 3 is 2.20 bits per heavy atom. The van der Waals surface area contributed by atoms with E-state index >= 15 is 0 Å². The van der Waals surface area contributed by atoms with Gasteiger partial charge in [-0.15, -0.1) is 0 Å². The second kappa shape index (κ2) is 4.87. The van der Waals surface area contributed by atoms with Gasteiger partial charge in [0.1, 0.15) is 5.69 Å². The minimum absolute atomic E-state index is 0.113. The molecule has 0 aliphatic rings. The number of hydrogen-bond acceptors (Lipinski definition) is 3. The SMILES string of the molecule is Cc1cccc(C)c1-n1nc(C(C)(C)N)c(=O)cc1C. The van der Waals surface area contributed by atoms with E-state index in [4.69, 9.17) is 5.73 Å². The second-order valence-corrected chi connectivity index (χ2v) is 5.87. The van der Waals surface area contributed by atoms with Crippen molar-refractivity contribution in [3.8, 4) is 5.69 Å². The third kappa shape index (κ3) is 2.51. The third-order valence-electron chi connectivity index (χ3n) is 3.37. The summed E-state index contributed by atoms with van der Waals surface area (Å²) in [5.74, 6) is 0. The Labute approximate surface area is 119 Å². The summed E-state index contributed by atoms with van der Waals surface area (Å²) in [6.07, 6.45) is 0. The zero-order valence-electron chi connectivity index (χ0n) is 12.7. The van der Waals surface area contributed by atoms with Crippen LogP contribution in [0.25, 0.3) is 5.69 Å². The van der Waals surface area contributed by atoms with Gasteiger partial charge < -0.3 is 5.73 Å². The number of benzene rings is 1. The quantitative estimate of drug-likeness (QED) is 0.912. The van der Waals surface area contributed by atoms with Gasteiger partial charge in [0.25, 0.3) is 0 Å². The van der Waals surface area contributed by atoms with Crippen LogP contribution < -0.4 is 11.2 Å². The highest BCUT2D eigenvalue weighted by Crippen LogP contribution is 2.20. The molecular weight excluding hydrogens is 250 g/mol. The van der Waals surface area contributed by atoms with E-state index in [2.05, 4.69) is 5.10 Å². The molecule has 0 bridgehead atoms. The van der Waals surface area contributed by atoms with E-state index in [1.807, 2.05) is 43.7 Å². The van der Waals surface area contributed by atoms with Crippen molar-refractivity contribution < 1.29 is 0 Å². The maximum atomic E-state index is 12.1. The van der Waals surface area contributed by atoms with Crippen LogP contribution in [0.4, 0.5) is 0 Å². The Morgan fingerprint density at radius 1 is 1.15 bits per heavy atom. The van der Waals surface area contributed by atoms with Crippen LogP contribution in [0, 0.1) is 20.8 Å². The molecule has 0 saturated carbocycles. The molecule has 1 heterocycles. The van der Waals surface area contributed by atoms with Gasteiger partial charge in [-0.2, -0.15) is 5.10 Å². The monoisotopic (exact) mass is 271 g/mol. The lowest BCUT2D eigenvalue weighted by Gasteiger charge is -2.21. The summed E-state index contributed by atoms with van der Waals surface area (Å²) in [6.45, 7) is 9.54. The number of aryl methyl sites for hydroxylation is 3. The molecule has 0 spiro atoms. The summed E-state index contributed by atoms with van der Waals surface area (Å²) < 4.78 is 1.82. The zero-order chi connectivity index (χ0) is 15.1. The van der Waals surface area contributed by atoms with Gasteiger partial charge in [-0.25, -0.2) is 4.68 Å². The number of hydrogen-bond donors (Lipinski definition) is 1. The lowest BCUT2D eigenvalue weighted by molar-refractivity contribution is 0.510. The molecule has 2 aromatic rings. The molecule has 0 radical (unpaired) electrons. The van der Waals surface area contributed by atoms with Gasteiger partial charge in [-0.1, -0.05) is 18.2 Å². The highest BCUT2D eigenvalue weighted by molar-refractivity contribution is 5.47. The number of nitrogens with zero attached hydrogens (tertiary/aromatic N) is 2. The van der Waals surface area contributed by atoms with E-state index in [-0.39, 0.29) is 5.43 Å². The molecule has 0 aliphatic heterocycles. The fourth-order valence-corrected chi connectivity index (χ4v) is 2.36. The van der Waals surface area contributed by atoms with Crippen molar-refractivity contribution in [2.75, 3.05) is 0 Å². The van der Waals surface area contributed by atoms with E-state index in [0.29, 0.717) is 5.69 Å². The number of para-hydroxylation sites is 1. The van der Waals surface area contributed by atoms with Crippen molar-refractivity contribution in [1.29, 1.82) is 0 Å². The van der Waals surface area contributed by atoms with Gasteiger partial charge in [0.2, 0.25) is 5.43 Å². The Hall–Kier alpha value is -1.94. The first-order chi connectivity index (χ1) is 9.21. The molecule has 0 unspecified atom stereocenters. The average Bonchev–Trinajstić information content (AvgIpc) is 2.29. The number of rotatable bonds is 2. The van der Waals surface area contributed by atoms with Crippen molar-refractivity contribution in [2.45, 2.75) is 40.2 Å². The Morgan fingerprint density at radius 2 is 1.70 bits per heavy atom. The first kappa shape index (κ1) is 14.5. The van der Waals surface area contributed by atoms with Gasteiger partial charge >= 0.3 is 0 Å². The maximum Gasteiger partial charge on any atom is 0.205 e. The normalized spacial score (nSPS) is 11.7. The zero-order valence-corrected chi connectivity index (χ0v) is 12.7. The van der Waals surface area contributed by atoms with Gasteiger partial charge in [-0.3, -0.25) is 4.79 Å². The van der Waals surface area contributed by atoms with E-state index < -0.39 is 5.54 Å². The number of nitrogens with two attached hydrogens (primary N) is 1. The number of aromatic nitrogens is 2. The predicted octanol–water partition coefficient (Wildman–Crippen LogP) is 2.35. The Bertz CT molecular complexity index is 688. The van der Waals surface area contributed by atoms with Crippen molar-refractivity contribution in [1.82, 2.24) is 9.78 Å². The standard InChI is InChI=1S/C16H21N3O/c1-10-7-6-8-11(2)14(10)19-12(3)9-13(20)15(18-19)16(4,5)17/h6-9H,17H2,1-5H3. The summed E-state index contributed by atoms with van der Waals surface area (Å²) in [7, 11) is 0. The largest absolute Gasteiger partial charge is 0.320 e. The molecule has 1 aromatic carbocycles. The summed E-state index contributed by atoms with van der Waals surface area (Å²) >= 11 is 0. The summed E-state index contributed by atoms with van der Waals surface area (Å²) in [6, 6.07) is 7.69. The molecule has 4 heteroatoms. The van der Waals surface area contributed by atoms with E-state index in [1.165, 1.54) is 0 Å². The Kier molecular flexibility index (Phi) is 3.52. The fourth-order valence-electron chi connectivity index (χ4n) is 2.36. The first-order valence-corrected chi connectivity index (χ1v) is 6.68. The van der Waals surface area contributed by atoms with Crippen LogP contribution in [0.3, 0.4) is 0 Å². The minimum Gasteiger partial charge on any atom is -0.320 e. The van der Waals surface area contributed by atoms with Gasteiger partial charge in [0, 0.05) is 11.8 Å². The molecule has 20 heavy (non-hydrogen) atoms. The lowest BCUT2D eigenvalue weighted by Crippen LogP contribution is -2.37. The topological polar surface area (TPSA) is 60.9 Å². The van der Waals surface area contributed by atoms with Crippen LogP contribution in [0.2, 0.25) is 0 Å². The van der Waals surface area contributed by atoms with Crippen molar-refractivity contribution in [2.24, 2.45) is 5.73 Å². The Balaban J connectivity index is 2.79. The molecule has 0 saturated heterocycles. The van der Waals surface area contributed by atoms with Crippen LogP contribution in [-0.2, 0) is 5.54 Å². The molecule has 0 aliphatic carbocycles. The lowest BCUT2D eigenvalue weighted by atomic mass is 10.0. The smallest absolute Gasteiger partial charge is 0.205 e. The summed E-state index contributed by atoms with van der Waals surface area (Å²) in [5.41, 5.74) is 9.61. The summed E-state index contributed by atoms with van der Waals surface area (Å²) in [4.78, 5) is 12.1. The second-order valence-electron chi connectivity index (χ2n) is 5.87. The van der Waals surface area contributed by atoms with Crippen LogP contribution in [0.15, 0.2) is 29.1 Å². The van der Waals surface area contributed by atoms with Crippen LogP contribution in [-0.4, -0.2) is 9.78 Å². The van der Waals surface area contributed by atoms with Crippen LogP contribution >= 0.6 is 0 Å². The van der Waals surface area contributed by atoms with Gasteiger partial charge in [0.05, 0.1) is 11.2 Å².